The highest BCUT2D eigenvalue weighted by Crippen LogP contribution is 2.33. The number of nitrogens with zero attached hydrogens (tertiary/aromatic N) is 5. The van der Waals surface area contributed by atoms with Crippen molar-refractivity contribution in [3.05, 3.63) is 36.4 Å². The Balaban J connectivity index is 1.62. The van der Waals surface area contributed by atoms with Crippen LogP contribution in [0.2, 0.25) is 0 Å². The second kappa shape index (κ2) is 8.14. The summed E-state index contributed by atoms with van der Waals surface area (Å²) >= 11 is 0. The van der Waals surface area contributed by atoms with E-state index < -0.39 is 0 Å². The predicted octanol–water partition coefficient (Wildman–Crippen LogP) is 2.88. The Morgan fingerprint density at radius 1 is 1.17 bits per heavy atom. The van der Waals surface area contributed by atoms with E-state index >= 15 is 0 Å². The first kappa shape index (κ1) is 18.6. The van der Waals surface area contributed by atoms with E-state index in [0.29, 0.717) is 6.61 Å². The molecular weight excluding hydrogens is 370 g/mol. The van der Waals surface area contributed by atoms with E-state index in [1.807, 2.05) is 17.1 Å². The highest BCUT2D eigenvalue weighted by Gasteiger charge is 2.23. The van der Waals surface area contributed by atoms with Gasteiger partial charge in [-0.25, -0.2) is 9.67 Å². The van der Waals surface area contributed by atoms with Crippen LogP contribution in [0.3, 0.4) is 0 Å². The third kappa shape index (κ3) is 3.63. The highest BCUT2D eigenvalue weighted by molar-refractivity contribution is 5.79. The number of hydrogen-bond donors (Lipinski definition) is 0. The topological polar surface area (TPSA) is 66.0 Å². The summed E-state index contributed by atoms with van der Waals surface area (Å²) in [6.07, 6.45) is 9.29. The largest absolute Gasteiger partial charge is 0.378 e. The van der Waals surface area contributed by atoms with Gasteiger partial charge >= 0.3 is 0 Å². The summed E-state index contributed by atoms with van der Waals surface area (Å²) in [5.74, 6) is 0. The fourth-order valence-electron chi connectivity index (χ4n) is 4.21. The van der Waals surface area contributed by atoms with Gasteiger partial charge in [0.15, 0.2) is 6.23 Å². The van der Waals surface area contributed by atoms with E-state index in [2.05, 4.69) is 32.7 Å². The minimum Gasteiger partial charge on any atom is -0.378 e. The van der Waals surface area contributed by atoms with E-state index in [9.17, 15) is 0 Å². The molecule has 3 aromatic heterocycles. The van der Waals surface area contributed by atoms with Crippen LogP contribution in [-0.2, 0) is 20.8 Å². The maximum absolute atomic E-state index is 6.01. The molecule has 0 saturated carbocycles. The van der Waals surface area contributed by atoms with Gasteiger partial charge in [0.1, 0.15) is 5.65 Å². The van der Waals surface area contributed by atoms with Crippen LogP contribution in [-0.4, -0.2) is 59.2 Å². The van der Waals surface area contributed by atoms with Gasteiger partial charge < -0.3 is 23.5 Å². The van der Waals surface area contributed by atoms with Gasteiger partial charge in [-0.3, -0.25) is 0 Å². The number of aromatic nitrogens is 4. The van der Waals surface area contributed by atoms with Crippen molar-refractivity contribution in [3.63, 3.8) is 0 Å². The van der Waals surface area contributed by atoms with Crippen molar-refractivity contribution < 1.29 is 14.2 Å². The zero-order chi connectivity index (χ0) is 19.6. The van der Waals surface area contributed by atoms with Crippen molar-refractivity contribution >= 4 is 11.3 Å². The van der Waals surface area contributed by atoms with Crippen molar-refractivity contribution in [2.75, 3.05) is 44.9 Å². The molecule has 3 aromatic rings. The van der Waals surface area contributed by atoms with Gasteiger partial charge in [-0.15, -0.1) is 0 Å². The van der Waals surface area contributed by atoms with Crippen molar-refractivity contribution in [1.29, 1.82) is 0 Å². The summed E-state index contributed by atoms with van der Waals surface area (Å²) in [6, 6.07) is 4.28. The van der Waals surface area contributed by atoms with Crippen LogP contribution in [0.15, 0.2) is 30.7 Å². The molecule has 29 heavy (non-hydrogen) atoms. The molecule has 0 amide bonds. The Labute approximate surface area is 170 Å². The average molecular weight is 397 g/mol. The van der Waals surface area contributed by atoms with E-state index in [-0.39, 0.29) is 6.23 Å². The molecule has 8 heteroatoms. The molecule has 0 radical (unpaired) electrons. The third-order valence-corrected chi connectivity index (χ3v) is 5.63. The summed E-state index contributed by atoms with van der Waals surface area (Å²) in [6.45, 7) is 4.54. The van der Waals surface area contributed by atoms with Gasteiger partial charge in [0.2, 0.25) is 0 Å². The highest BCUT2D eigenvalue weighted by atomic mass is 16.5. The average Bonchev–Trinajstić information content (AvgIpc) is 3.41. The third-order valence-electron chi connectivity index (χ3n) is 5.63. The van der Waals surface area contributed by atoms with E-state index in [0.717, 1.165) is 80.5 Å². The number of ether oxygens (including phenoxy) is 3. The standard InChI is InChI=1S/C21H27N5O3/c1-27-15-16-13-25-14-17(24-7-10-28-11-8-24)12-18(21(25)23-16)19-5-6-22-26(19)20-4-2-3-9-29-20/h5-6,12-14,20H,2-4,7-11,15H2,1H3. The zero-order valence-electron chi connectivity index (χ0n) is 16.8. The van der Waals surface area contributed by atoms with Gasteiger partial charge in [-0.2, -0.15) is 5.10 Å². The summed E-state index contributed by atoms with van der Waals surface area (Å²) in [5, 5.41) is 4.60. The SMILES string of the molecule is COCc1cn2cc(N3CCOCC3)cc(-c3ccnn3C3CCCCO3)c2n1. The van der Waals surface area contributed by atoms with Crippen LogP contribution < -0.4 is 4.90 Å². The van der Waals surface area contributed by atoms with Crippen molar-refractivity contribution in [2.45, 2.75) is 32.1 Å². The van der Waals surface area contributed by atoms with Crippen LogP contribution >= 0.6 is 0 Å². The Morgan fingerprint density at radius 2 is 2.07 bits per heavy atom. The van der Waals surface area contributed by atoms with Gasteiger partial charge in [-0.1, -0.05) is 0 Å². The first-order valence-corrected chi connectivity index (χ1v) is 10.3. The number of hydrogen-bond acceptors (Lipinski definition) is 6. The van der Waals surface area contributed by atoms with Crippen LogP contribution in [0.1, 0.15) is 31.2 Å². The number of fused-ring (bicyclic) bond motifs is 1. The number of methoxy groups -OCH3 is 1. The molecular formula is C21H27N5O3. The van der Waals surface area contributed by atoms with E-state index in [1.54, 1.807) is 7.11 Å². The quantitative estimate of drug-likeness (QED) is 0.660. The van der Waals surface area contributed by atoms with Crippen LogP contribution in [0.5, 0.6) is 0 Å². The maximum atomic E-state index is 6.01. The lowest BCUT2D eigenvalue weighted by atomic mass is 10.1. The smallest absolute Gasteiger partial charge is 0.150 e. The van der Waals surface area contributed by atoms with Gasteiger partial charge in [-0.05, 0) is 31.4 Å². The summed E-state index contributed by atoms with van der Waals surface area (Å²) in [5.41, 5.74) is 5.07. The normalized spacial score (nSPS) is 20.4. The van der Waals surface area contributed by atoms with Gasteiger partial charge in [0.05, 0.1) is 36.9 Å². The molecule has 1 unspecified atom stereocenters. The summed E-state index contributed by atoms with van der Waals surface area (Å²) < 4.78 is 21.0. The molecule has 0 N–H and O–H groups in total. The first-order chi connectivity index (χ1) is 14.3. The molecule has 8 nitrogen and oxygen atoms in total. The molecule has 0 bridgehead atoms. The molecule has 1 atom stereocenters. The second-order valence-electron chi connectivity index (χ2n) is 7.59. The monoisotopic (exact) mass is 397 g/mol. The minimum atomic E-state index is -0.0192. The molecule has 5 rings (SSSR count). The van der Waals surface area contributed by atoms with Gasteiger partial charge in [0.25, 0.3) is 0 Å². The Kier molecular flexibility index (Phi) is 5.22. The van der Waals surface area contributed by atoms with Crippen LogP contribution in [0, 0.1) is 0 Å². The first-order valence-electron chi connectivity index (χ1n) is 10.3. The Hall–Kier alpha value is -2.42. The Morgan fingerprint density at radius 3 is 2.86 bits per heavy atom. The van der Waals surface area contributed by atoms with Crippen molar-refractivity contribution in [1.82, 2.24) is 19.2 Å². The lowest BCUT2D eigenvalue weighted by Gasteiger charge is -2.29. The minimum absolute atomic E-state index is 0.0192. The molecule has 0 aromatic carbocycles. The maximum Gasteiger partial charge on any atom is 0.150 e. The number of imidazole rings is 1. The molecule has 2 saturated heterocycles. The molecule has 2 fully saturated rings. The number of anilines is 1. The van der Waals surface area contributed by atoms with E-state index in [4.69, 9.17) is 19.2 Å². The molecule has 0 aliphatic carbocycles. The van der Waals surface area contributed by atoms with Gasteiger partial charge in [0, 0.05) is 51.0 Å². The lowest BCUT2D eigenvalue weighted by molar-refractivity contribution is -0.0383. The fourth-order valence-corrected chi connectivity index (χ4v) is 4.21. The molecule has 2 aliphatic heterocycles. The van der Waals surface area contributed by atoms with Crippen molar-refractivity contribution in [3.8, 4) is 11.3 Å². The van der Waals surface area contributed by atoms with E-state index in [1.165, 1.54) is 0 Å². The van der Waals surface area contributed by atoms with Crippen LogP contribution in [0.25, 0.3) is 16.9 Å². The number of morpholine rings is 1. The molecule has 0 spiro atoms. The number of pyridine rings is 1. The Bertz CT molecular complexity index is 970. The number of rotatable bonds is 5. The summed E-state index contributed by atoms with van der Waals surface area (Å²) in [7, 11) is 1.69. The second-order valence-corrected chi connectivity index (χ2v) is 7.59. The van der Waals surface area contributed by atoms with Crippen LogP contribution in [0.4, 0.5) is 5.69 Å². The predicted molar refractivity (Wildman–Crippen MR) is 109 cm³/mol. The van der Waals surface area contributed by atoms with Crippen molar-refractivity contribution in [2.24, 2.45) is 0 Å². The molecule has 2 aliphatic rings. The molecule has 5 heterocycles. The summed E-state index contributed by atoms with van der Waals surface area (Å²) in [4.78, 5) is 7.21. The fraction of sp³-hybridized carbons (Fsp3) is 0.524. The molecule has 154 valence electrons. The lowest BCUT2D eigenvalue weighted by Crippen LogP contribution is -2.36. The zero-order valence-corrected chi connectivity index (χ0v) is 16.8.